The van der Waals surface area contributed by atoms with Crippen LogP contribution in [0.2, 0.25) is 0 Å². The van der Waals surface area contributed by atoms with E-state index < -0.39 is 0 Å². The zero-order chi connectivity index (χ0) is 15.2. The minimum Gasteiger partial charge on any atom is -0.359 e. The minimum absolute atomic E-state index is 0.0495. The van der Waals surface area contributed by atoms with Crippen molar-refractivity contribution in [2.75, 3.05) is 7.05 Å². The molecule has 2 aromatic rings. The molecule has 0 fully saturated rings. The van der Waals surface area contributed by atoms with Crippen LogP contribution >= 0.6 is 11.8 Å². The fourth-order valence-corrected chi connectivity index (χ4v) is 2.51. The van der Waals surface area contributed by atoms with Crippen LogP contribution in [-0.2, 0) is 17.0 Å². The maximum atomic E-state index is 13.1. The maximum absolute atomic E-state index is 13.1. The monoisotopic (exact) mass is 307 g/mol. The summed E-state index contributed by atoms with van der Waals surface area (Å²) in [6, 6.07) is 7.52. The Bertz CT molecular complexity index is 703. The summed E-state index contributed by atoms with van der Waals surface area (Å²) in [4.78, 5) is 29.7. The topological polar surface area (TPSA) is 74.8 Å². The van der Waals surface area contributed by atoms with Crippen molar-refractivity contribution < 1.29 is 9.18 Å². The van der Waals surface area contributed by atoms with Crippen LogP contribution in [0.15, 0.2) is 40.3 Å². The molecular weight excluding hydrogens is 293 g/mol. The lowest BCUT2D eigenvalue weighted by Gasteiger charge is -2.04. The van der Waals surface area contributed by atoms with E-state index in [9.17, 15) is 14.0 Å². The first-order chi connectivity index (χ1) is 10.1. The van der Waals surface area contributed by atoms with E-state index in [1.807, 2.05) is 0 Å². The molecule has 2 N–H and O–H groups in total. The number of carbonyl (C=O) groups excluding carboxylic acids is 1. The number of H-pyrrole nitrogens is 1. The van der Waals surface area contributed by atoms with Crippen LogP contribution in [0.25, 0.3) is 0 Å². The molecule has 1 amide bonds. The van der Waals surface area contributed by atoms with E-state index in [4.69, 9.17) is 0 Å². The largest absolute Gasteiger partial charge is 0.359 e. The molecule has 0 aliphatic carbocycles. The second-order valence-electron chi connectivity index (χ2n) is 4.31. The van der Waals surface area contributed by atoms with E-state index >= 15 is 0 Å². The van der Waals surface area contributed by atoms with E-state index in [0.29, 0.717) is 16.6 Å². The van der Waals surface area contributed by atoms with Crippen molar-refractivity contribution in [3.63, 3.8) is 0 Å². The summed E-state index contributed by atoms with van der Waals surface area (Å²) in [5, 5.41) is 2.88. The summed E-state index contributed by atoms with van der Waals surface area (Å²) in [7, 11) is 1.52. The van der Waals surface area contributed by atoms with Crippen LogP contribution in [0.4, 0.5) is 4.39 Å². The van der Waals surface area contributed by atoms with Gasteiger partial charge >= 0.3 is 0 Å². The fourth-order valence-electron chi connectivity index (χ4n) is 1.67. The highest BCUT2D eigenvalue weighted by Gasteiger charge is 2.07. The number of thioether (sulfide) groups is 1. The summed E-state index contributed by atoms with van der Waals surface area (Å²) in [6.07, 6.45) is 0.0495. The van der Waals surface area contributed by atoms with Crippen molar-refractivity contribution in [3.8, 4) is 0 Å². The Morgan fingerprint density at radius 1 is 1.43 bits per heavy atom. The van der Waals surface area contributed by atoms with Crippen LogP contribution < -0.4 is 10.9 Å². The van der Waals surface area contributed by atoms with Gasteiger partial charge < -0.3 is 10.3 Å². The Kier molecular flexibility index (Phi) is 5.10. The molecule has 0 bridgehead atoms. The number of likely N-dealkylation sites (N-methyl/N-ethyl adjacent to an activating group) is 1. The molecule has 1 aromatic carbocycles. The quantitative estimate of drug-likeness (QED) is 0.648. The molecule has 0 saturated carbocycles. The number of rotatable bonds is 5. The minimum atomic E-state index is -0.314. The lowest BCUT2D eigenvalue weighted by atomic mass is 10.2. The number of aromatic nitrogens is 2. The Balaban J connectivity index is 2.09. The highest BCUT2D eigenvalue weighted by Crippen LogP contribution is 2.18. The van der Waals surface area contributed by atoms with Crippen molar-refractivity contribution in [1.82, 2.24) is 15.3 Å². The van der Waals surface area contributed by atoms with Gasteiger partial charge in [0.05, 0.1) is 12.1 Å². The predicted molar refractivity (Wildman–Crippen MR) is 78.6 cm³/mol. The van der Waals surface area contributed by atoms with Crippen molar-refractivity contribution in [3.05, 3.63) is 57.8 Å². The average molecular weight is 307 g/mol. The van der Waals surface area contributed by atoms with Gasteiger partial charge in [-0.25, -0.2) is 9.37 Å². The lowest BCUT2D eigenvalue weighted by molar-refractivity contribution is -0.120. The van der Waals surface area contributed by atoms with E-state index in [0.717, 1.165) is 5.56 Å². The van der Waals surface area contributed by atoms with Gasteiger partial charge in [-0.05, 0) is 17.7 Å². The highest BCUT2D eigenvalue weighted by molar-refractivity contribution is 7.98. The molecule has 21 heavy (non-hydrogen) atoms. The molecule has 0 aliphatic rings. The standard InChI is InChI=1S/C14H14FN3O2S/c1-16-12(19)6-11-7-13(20)18-14(17-11)21-8-9-3-2-4-10(15)5-9/h2-5,7H,6,8H2,1H3,(H,16,19)(H,17,18,20). The number of carbonyl (C=O) groups is 1. The zero-order valence-electron chi connectivity index (χ0n) is 11.4. The molecule has 0 atom stereocenters. The maximum Gasteiger partial charge on any atom is 0.251 e. The van der Waals surface area contributed by atoms with Gasteiger partial charge in [0.2, 0.25) is 5.91 Å². The van der Waals surface area contributed by atoms with Gasteiger partial charge in [0, 0.05) is 18.9 Å². The van der Waals surface area contributed by atoms with Gasteiger partial charge in [0.1, 0.15) is 5.82 Å². The van der Waals surface area contributed by atoms with Crippen LogP contribution in [0.5, 0.6) is 0 Å². The predicted octanol–water partition coefficient (Wildman–Crippen LogP) is 1.49. The number of hydrogen-bond acceptors (Lipinski definition) is 4. The first-order valence-electron chi connectivity index (χ1n) is 6.25. The molecule has 0 radical (unpaired) electrons. The Morgan fingerprint density at radius 3 is 2.95 bits per heavy atom. The van der Waals surface area contributed by atoms with Crippen molar-refractivity contribution in [2.45, 2.75) is 17.3 Å². The summed E-state index contributed by atoms with van der Waals surface area (Å²) in [6.45, 7) is 0. The van der Waals surface area contributed by atoms with Gasteiger partial charge in [-0.2, -0.15) is 0 Å². The molecule has 0 saturated heterocycles. The van der Waals surface area contributed by atoms with Crippen molar-refractivity contribution in [1.29, 1.82) is 0 Å². The number of amides is 1. The molecule has 2 rings (SSSR count). The van der Waals surface area contributed by atoms with Gasteiger partial charge in [-0.1, -0.05) is 23.9 Å². The lowest BCUT2D eigenvalue weighted by Crippen LogP contribution is -2.22. The molecule has 0 unspecified atom stereocenters. The Morgan fingerprint density at radius 2 is 2.24 bits per heavy atom. The molecule has 0 spiro atoms. The van der Waals surface area contributed by atoms with Crippen LogP contribution in [0.1, 0.15) is 11.3 Å². The van der Waals surface area contributed by atoms with Crippen LogP contribution in [0.3, 0.4) is 0 Å². The molecule has 1 aromatic heterocycles. The molecular formula is C14H14FN3O2S. The van der Waals surface area contributed by atoms with Crippen molar-refractivity contribution in [2.24, 2.45) is 0 Å². The zero-order valence-corrected chi connectivity index (χ0v) is 12.2. The summed E-state index contributed by atoms with van der Waals surface area (Å²) < 4.78 is 13.1. The van der Waals surface area contributed by atoms with Gasteiger partial charge in [-0.3, -0.25) is 9.59 Å². The first-order valence-corrected chi connectivity index (χ1v) is 7.23. The molecule has 0 aliphatic heterocycles. The molecule has 1 heterocycles. The number of nitrogens with one attached hydrogen (secondary N) is 2. The molecule has 110 valence electrons. The smallest absolute Gasteiger partial charge is 0.251 e. The van der Waals surface area contributed by atoms with Crippen LogP contribution in [0, 0.1) is 5.82 Å². The van der Waals surface area contributed by atoms with E-state index in [-0.39, 0.29) is 23.7 Å². The number of benzene rings is 1. The summed E-state index contributed by atoms with van der Waals surface area (Å²) >= 11 is 1.28. The van der Waals surface area contributed by atoms with Gasteiger partial charge in [0.25, 0.3) is 5.56 Å². The SMILES string of the molecule is CNC(=O)Cc1cc(=O)[nH]c(SCc2cccc(F)c2)n1. The summed E-state index contributed by atoms with van der Waals surface area (Å²) in [5.74, 6) is -0.0403. The third kappa shape index (κ3) is 4.71. The summed E-state index contributed by atoms with van der Waals surface area (Å²) in [5.41, 5.74) is 0.879. The normalized spacial score (nSPS) is 10.4. The average Bonchev–Trinajstić information content (AvgIpc) is 2.44. The highest BCUT2D eigenvalue weighted by atomic mass is 32.2. The fraction of sp³-hybridized carbons (Fsp3) is 0.214. The number of aromatic amines is 1. The second kappa shape index (κ2) is 7.03. The Labute approximate surface area is 125 Å². The second-order valence-corrected chi connectivity index (χ2v) is 5.27. The first kappa shape index (κ1) is 15.2. The number of nitrogens with zero attached hydrogens (tertiary/aromatic N) is 1. The number of hydrogen-bond donors (Lipinski definition) is 2. The third-order valence-corrected chi connectivity index (χ3v) is 3.60. The van der Waals surface area contributed by atoms with E-state index in [1.165, 1.54) is 37.0 Å². The molecule has 5 nitrogen and oxygen atoms in total. The third-order valence-electron chi connectivity index (χ3n) is 2.66. The van der Waals surface area contributed by atoms with Crippen molar-refractivity contribution >= 4 is 17.7 Å². The Hall–Kier alpha value is -2.15. The molecule has 7 heteroatoms. The van der Waals surface area contributed by atoms with E-state index in [1.54, 1.807) is 12.1 Å². The van der Waals surface area contributed by atoms with Gasteiger partial charge in [-0.15, -0.1) is 0 Å². The van der Waals surface area contributed by atoms with Crippen LogP contribution in [-0.4, -0.2) is 22.9 Å². The van der Waals surface area contributed by atoms with E-state index in [2.05, 4.69) is 15.3 Å². The van der Waals surface area contributed by atoms with Gasteiger partial charge in [0.15, 0.2) is 5.16 Å². The number of halogens is 1.